The first-order valence-corrected chi connectivity index (χ1v) is 25.0. The van der Waals surface area contributed by atoms with Crippen LogP contribution in [0.4, 0.5) is 51.2 Å². The predicted octanol–water partition coefficient (Wildman–Crippen LogP) is 9.83. The van der Waals surface area contributed by atoms with Gasteiger partial charge in [0.1, 0.15) is 34.5 Å². The molecule has 6 aliphatic heterocycles. The molecule has 10 aromatic rings. The Morgan fingerprint density at radius 3 is 1.01 bits per heavy atom. The van der Waals surface area contributed by atoms with Crippen LogP contribution in [0.1, 0.15) is 16.7 Å². The number of anilines is 9. The van der Waals surface area contributed by atoms with Gasteiger partial charge in [0.05, 0.1) is 0 Å². The predicted molar refractivity (Wildman–Crippen MR) is 298 cm³/mol. The molecule has 0 atom stereocenters. The van der Waals surface area contributed by atoms with E-state index in [1.54, 1.807) is 0 Å². The molecule has 6 aliphatic rings. The Hall–Kier alpha value is -8.81. The lowest BCUT2D eigenvalue weighted by Crippen LogP contribution is -2.65. The van der Waals surface area contributed by atoms with Crippen molar-refractivity contribution in [1.29, 1.82) is 0 Å². The van der Waals surface area contributed by atoms with Crippen LogP contribution in [0, 0.1) is 20.8 Å². The highest BCUT2D eigenvalue weighted by Gasteiger charge is 2.49. The van der Waals surface area contributed by atoms with Gasteiger partial charge in [-0.25, -0.2) is 0 Å². The Bertz CT molecular complexity index is 4000. The molecular weight excluding hydrogens is 879 g/mol. The Kier molecular flexibility index (Phi) is 8.12. The van der Waals surface area contributed by atoms with Crippen LogP contribution in [0.3, 0.4) is 0 Å². The second kappa shape index (κ2) is 14.6. The molecule has 72 heavy (non-hydrogen) atoms. The molecule has 0 saturated carbocycles. The number of benzene rings is 10. The molecule has 0 N–H and O–H groups in total. The molecule has 9 heteroatoms. The molecule has 0 radical (unpaired) electrons. The standard InChI is InChI=1S/C63H42B3N3O3/c1-37-27-52-61-58(30-37)70-55-25-15-13-23-43(55)64(61)45-33-46-50(35-49(45)67(52)40-17-7-4-8-18-40)68(41-19-9-5-10-20-41)54-29-39(3)32-60-63(54)66(46)48-34-47-51(36-57(48)72-60)69(42-21-11-6-12-22-42)53-28-38(2)31-59-62(53)65(47)44-24-14-16-26-56(44)71-59/h4-36H,1-3H3. The van der Waals surface area contributed by atoms with Gasteiger partial charge < -0.3 is 28.9 Å². The molecular formula is C63H42B3N3O3. The third-order valence-electron chi connectivity index (χ3n) is 15.8. The lowest BCUT2D eigenvalue weighted by atomic mass is 9.29. The molecule has 6 nitrogen and oxygen atoms in total. The minimum atomic E-state index is -0.178. The third-order valence-corrected chi connectivity index (χ3v) is 15.8. The molecule has 0 saturated heterocycles. The van der Waals surface area contributed by atoms with Crippen LogP contribution >= 0.6 is 0 Å². The Morgan fingerprint density at radius 2 is 0.597 bits per heavy atom. The third kappa shape index (κ3) is 5.48. The second-order valence-electron chi connectivity index (χ2n) is 20.2. The zero-order chi connectivity index (χ0) is 47.5. The fourth-order valence-corrected chi connectivity index (χ4v) is 13.1. The van der Waals surface area contributed by atoms with Gasteiger partial charge in [0.25, 0.3) is 20.1 Å². The first-order chi connectivity index (χ1) is 35.4. The van der Waals surface area contributed by atoms with Crippen molar-refractivity contribution < 1.29 is 14.2 Å². The van der Waals surface area contributed by atoms with Crippen LogP contribution in [-0.4, -0.2) is 20.1 Å². The second-order valence-corrected chi connectivity index (χ2v) is 20.2. The fourth-order valence-electron chi connectivity index (χ4n) is 13.1. The first-order valence-electron chi connectivity index (χ1n) is 25.0. The molecule has 0 spiro atoms. The molecule has 0 fully saturated rings. The Balaban J connectivity index is 1.01. The Labute approximate surface area is 419 Å². The van der Waals surface area contributed by atoms with Crippen molar-refractivity contribution in [2.45, 2.75) is 20.8 Å². The van der Waals surface area contributed by atoms with Crippen molar-refractivity contribution in [3.8, 4) is 34.5 Å². The highest BCUT2D eigenvalue weighted by Crippen LogP contribution is 2.48. The van der Waals surface area contributed by atoms with Crippen LogP contribution < -0.4 is 78.1 Å². The van der Waals surface area contributed by atoms with Gasteiger partial charge in [0.15, 0.2) is 0 Å². The van der Waals surface area contributed by atoms with Gasteiger partial charge in [-0.15, -0.1) is 0 Å². The van der Waals surface area contributed by atoms with E-state index < -0.39 is 0 Å². The van der Waals surface area contributed by atoms with Gasteiger partial charge in [-0.3, -0.25) is 0 Å². The lowest BCUT2D eigenvalue weighted by Gasteiger charge is -2.45. The summed E-state index contributed by atoms with van der Waals surface area (Å²) in [6.07, 6.45) is 0. The van der Waals surface area contributed by atoms with E-state index >= 15 is 0 Å². The molecule has 0 amide bonds. The zero-order valence-electron chi connectivity index (χ0n) is 39.9. The van der Waals surface area contributed by atoms with Gasteiger partial charge in [-0.1, -0.05) is 103 Å². The fraction of sp³-hybridized carbons (Fsp3) is 0.0476. The van der Waals surface area contributed by atoms with Gasteiger partial charge in [-0.2, -0.15) is 0 Å². The van der Waals surface area contributed by atoms with E-state index in [1.807, 2.05) is 0 Å². The Morgan fingerprint density at radius 1 is 0.264 bits per heavy atom. The van der Waals surface area contributed by atoms with Crippen molar-refractivity contribution in [1.82, 2.24) is 0 Å². The van der Waals surface area contributed by atoms with E-state index in [0.29, 0.717) is 0 Å². The van der Waals surface area contributed by atoms with Gasteiger partial charge >= 0.3 is 0 Å². The van der Waals surface area contributed by atoms with Crippen LogP contribution in [0.25, 0.3) is 0 Å². The van der Waals surface area contributed by atoms with E-state index in [1.165, 1.54) is 38.2 Å². The van der Waals surface area contributed by atoms with Gasteiger partial charge in [0.2, 0.25) is 0 Å². The number of hydrogen-bond donors (Lipinski definition) is 0. The number of para-hydroxylation sites is 5. The minimum Gasteiger partial charge on any atom is -0.458 e. The smallest absolute Gasteiger partial charge is 0.256 e. The maximum atomic E-state index is 7.40. The monoisotopic (exact) mass is 921 g/mol. The number of ether oxygens (including phenoxy) is 3. The van der Waals surface area contributed by atoms with Crippen molar-refractivity contribution in [2.75, 3.05) is 14.7 Å². The summed E-state index contributed by atoms with van der Waals surface area (Å²) >= 11 is 0. The number of hydrogen-bond acceptors (Lipinski definition) is 6. The minimum absolute atomic E-state index is 0.0794. The number of aryl methyl sites for hydroxylation is 3. The van der Waals surface area contributed by atoms with Crippen LogP contribution in [-0.2, 0) is 0 Å². The zero-order valence-corrected chi connectivity index (χ0v) is 39.9. The van der Waals surface area contributed by atoms with Crippen LogP contribution in [0.15, 0.2) is 200 Å². The van der Waals surface area contributed by atoms with E-state index in [9.17, 15) is 0 Å². The summed E-state index contributed by atoms with van der Waals surface area (Å²) in [5, 5.41) is 0. The van der Waals surface area contributed by atoms with Crippen molar-refractivity contribution in [2.24, 2.45) is 0 Å². The van der Waals surface area contributed by atoms with E-state index in [2.05, 4.69) is 236 Å². The lowest BCUT2D eigenvalue weighted by molar-refractivity contribution is 0.486. The van der Waals surface area contributed by atoms with Crippen molar-refractivity contribution >= 4 is 120 Å². The summed E-state index contributed by atoms with van der Waals surface area (Å²) < 4.78 is 21.1. The summed E-state index contributed by atoms with van der Waals surface area (Å²) in [6.45, 7) is 6.19. The average molecular weight is 921 g/mol. The maximum absolute atomic E-state index is 7.40. The summed E-state index contributed by atoms with van der Waals surface area (Å²) in [5.74, 6) is 5.35. The van der Waals surface area contributed by atoms with E-state index in [0.717, 1.165) is 113 Å². The quantitative estimate of drug-likeness (QED) is 0.165. The topological polar surface area (TPSA) is 37.4 Å². The maximum Gasteiger partial charge on any atom is 0.256 e. The van der Waals surface area contributed by atoms with Crippen molar-refractivity contribution in [3.63, 3.8) is 0 Å². The molecule has 336 valence electrons. The molecule has 10 aromatic carbocycles. The number of nitrogens with zero attached hydrogens (tertiary/aromatic N) is 3. The van der Waals surface area contributed by atoms with Crippen LogP contribution in [0.5, 0.6) is 34.5 Å². The number of rotatable bonds is 3. The van der Waals surface area contributed by atoms with Crippen molar-refractivity contribution in [3.05, 3.63) is 217 Å². The summed E-state index contributed by atoms with van der Waals surface area (Å²) in [6, 6.07) is 73.2. The molecule has 6 heterocycles. The molecule has 16 rings (SSSR count). The van der Waals surface area contributed by atoms with E-state index in [4.69, 9.17) is 14.2 Å². The molecule has 0 unspecified atom stereocenters. The first kappa shape index (κ1) is 40.0. The van der Waals surface area contributed by atoms with Gasteiger partial charge in [0, 0.05) is 57.3 Å². The number of fused-ring (bicyclic) bond motifs is 12. The van der Waals surface area contributed by atoms with Gasteiger partial charge in [-0.05, 0) is 178 Å². The highest BCUT2D eigenvalue weighted by atomic mass is 16.5. The normalized spacial score (nSPS) is 14.2. The molecule has 0 aromatic heterocycles. The van der Waals surface area contributed by atoms with E-state index in [-0.39, 0.29) is 20.1 Å². The summed E-state index contributed by atoms with van der Waals surface area (Å²) in [7, 11) is 0. The largest absolute Gasteiger partial charge is 0.458 e. The SMILES string of the molecule is Cc1cc2c3c(c1)N(c1ccccc1)c1cc4c(cc1B3c1ccccc1O2)B1c2cc3c(cc2N(c2ccccc2)c2cc(C)cc(c21)O4)N(c1ccccc1)c1cc(C)cc2c1B3c1ccccc1O2. The highest BCUT2D eigenvalue weighted by molar-refractivity contribution is 7.03. The summed E-state index contributed by atoms with van der Waals surface area (Å²) in [5.41, 5.74) is 24.2. The average Bonchev–Trinajstić information content (AvgIpc) is 3.40. The molecule has 0 bridgehead atoms. The van der Waals surface area contributed by atoms with Crippen LogP contribution in [0.2, 0.25) is 0 Å². The summed E-state index contributed by atoms with van der Waals surface area (Å²) in [4.78, 5) is 7.39. The molecule has 0 aliphatic carbocycles.